The van der Waals surface area contributed by atoms with Crippen molar-refractivity contribution in [2.24, 2.45) is 11.7 Å². The summed E-state index contributed by atoms with van der Waals surface area (Å²) in [6, 6.07) is 6.79. The minimum absolute atomic E-state index is 0.132. The molecule has 1 aliphatic heterocycles. The number of primary amides is 1. The van der Waals surface area contributed by atoms with Crippen molar-refractivity contribution < 1.29 is 9.59 Å². The van der Waals surface area contributed by atoms with Gasteiger partial charge in [-0.25, -0.2) is 0 Å². The lowest BCUT2D eigenvalue weighted by Crippen LogP contribution is -2.54. The van der Waals surface area contributed by atoms with Gasteiger partial charge in [-0.1, -0.05) is 23.7 Å². The van der Waals surface area contributed by atoms with Crippen molar-refractivity contribution in [2.75, 3.05) is 13.1 Å². The first kappa shape index (κ1) is 14.8. The molecule has 20 heavy (non-hydrogen) atoms. The molecular formula is C14H18ClN3O2. The van der Waals surface area contributed by atoms with Crippen molar-refractivity contribution in [3.05, 3.63) is 34.9 Å². The van der Waals surface area contributed by atoms with Gasteiger partial charge < -0.3 is 16.4 Å². The van der Waals surface area contributed by atoms with E-state index in [2.05, 4.69) is 10.6 Å². The molecule has 5 nitrogen and oxygen atoms in total. The zero-order valence-corrected chi connectivity index (χ0v) is 12.0. The van der Waals surface area contributed by atoms with Gasteiger partial charge in [0.15, 0.2) is 0 Å². The van der Waals surface area contributed by atoms with Crippen molar-refractivity contribution >= 4 is 23.4 Å². The van der Waals surface area contributed by atoms with E-state index < -0.39 is 11.4 Å². The molecule has 2 rings (SSSR count). The number of hydrogen-bond donors (Lipinski definition) is 3. The first-order valence-electron chi connectivity index (χ1n) is 6.52. The van der Waals surface area contributed by atoms with E-state index in [9.17, 15) is 9.59 Å². The second kappa shape index (κ2) is 5.81. The Hall–Kier alpha value is -1.59. The van der Waals surface area contributed by atoms with Crippen LogP contribution in [0, 0.1) is 5.92 Å². The van der Waals surface area contributed by atoms with Crippen LogP contribution in [-0.2, 0) is 15.1 Å². The highest BCUT2D eigenvalue weighted by Crippen LogP contribution is 2.24. The van der Waals surface area contributed by atoms with E-state index in [0.717, 1.165) is 13.0 Å². The molecule has 4 N–H and O–H groups in total. The van der Waals surface area contributed by atoms with Crippen LogP contribution in [0.15, 0.2) is 24.3 Å². The Morgan fingerprint density at radius 2 is 2.25 bits per heavy atom. The standard InChI is InChI=1S/C14H18ClN3O2/c1-14(13(16)20,10-3-2-4-11(15)7-10)18-12(19)9-5-6-17-8-9/h2-4,7,9,17H,5-6,8H2,1H3,(H2,16,20)(H,18,19). The van der Waals surface area contributed by atoms with Crippen LogP contribution in [0.4, 0.5) is 0 Å². The van der Waals surface area contributed by atoms with Gasteiger partial charge in [0.2, 0.25) is 11.8 Å². The lowest BCUT2D eigenvalue weighted by atomic mass is 9.90. The molecule has 1 aromatic carbocycles. The van der Waals surface area contributed by atoms with Gasteiger partial charge in [0.05, 0.1) is 5.92 Å². The van der Waals surface area contributed by atoms with Gasteiger partial charge in [-0.05, 0) is 37.6 Å². The number of nitrogens with one attached hydrogen (secondary N) is 2. The van der Waals surface area contributed by atoms with E-state index >= 15 is 0 Å². The summed E-state index contributed by atoms with van der Waals surface area (Å²) < 4.78 is 0. The van der Waals surface area contributed by atoms with Crippen LogP contribution in [0.5, 0.6) is 0 Å². The highest BCUT2D eigenvalue weighted by atomic mass is 35.5. The van der Waals surface area contributed by atoms with Gasteiger partial charge in [0.25, 0.3) is 0 Å². The van der Waals surface area contributed by atoms with Gasteiger partial charge in [0, 0.05) is 11.6 Å². The maximum absolute atomic E-state index is 12.2. The predicted molar refractivity (Wildman–Crippen MR) is 77.1 cm³/mol. The molecule has 0 saturated carbocycles. The Labute approximate surface area is 122 Å². The molecule has 2 amide bonds. The van der Waals surface area contributed by atoms with E-state index in [0.29, 0.717) is 17.1 Å². The highest BCUT2D eigenvalue weighted by Gasteiger charge is 2.37. The van der Waals surface area contributed by atoms with Crippen LogP contribution in [0.25, 0.3) is 0 Å². The molecule has 0 aliphatic carbocycles. The first-order valence-corrected chi connectivity index (χ1v) is 6.90. The van der Waals surface area contributed by atoms with E-state index in [1.54, 1.807) is 31.2 Å². The quantitative estimate of drug-likeness (QED) is 0.767. The molecular weight excluding hydrogens is 278 g/mol. The third-order valence-electron chi connectivity index (χ3n) is 3.70. The van der Waals surface area contributed by atoms with Gasteiger partial charge in [-0.15, -0.1) is 0 Å². The molecule has 0 spiro atoms. The lowest BCUT2D eigenvalue weighted by Gasteiger charge is -2.29. The molecule has 1 heterocycles. The number of carbonyl (C=O) groups is 2. The average molecular weight is 296 g/mol. The van der Waals surface area contributed by atoms with Crippen molar-refractivity contribution in [1.82, 2.24) is 10.6 Å². The SMILES string of the molecule is CC(NC(=O)C1CCNC1)(C(N)=O)c1cccc(Cl)c1. The summed E-state index contributed by atoms with van der Waals surface area (Å²) in [5, 5.41) is 6.38. The summed E-state index contributed by atoms with van der Waals surface area (Å²) in [4.78, 5) is 24.1. The van der Waals surface area contributed by atoms with Crippen molar-refractivity contribution in [3.8, 4) is 0 Å². The third-order valence-corrected chi connectivity index (χ3v) is 3.93. The van der Waals surface area contributed by atoms with Gasteiger partial charge >= 0.3 is 0 Å². The van der Waals surface area contributed by atoms with Crippen LogP contribution in [0.3, 0.4) is 0 Å². The molecule has 0 radical (unpaired) electrons. The van der Waals surface area contributed by atoms with Gasteiger partial charge in [0.1, 0.15) is 5.54 Å². The number of halogens is 1. The van der Waals surface area contributed by atoms with Gasteiger partial charge in [-0.3, -0.25) is 9.59 Å². The van der Waals surface area contributed by atoms with E-state index in [4.69, 9.17) is 17.3 Å². The van der Waals surface area contributed by atoms with Gasteiger partial charge in [-0.2, -0.15) is 0 Å². The molecule has 2 atom stereocenters. The molecule has 1 saturated heterocycles. The Kier molecular flexibility index (Phi) is 4.30. The number of carbonyl (C=O) groups excluding carboxylic acids is 2. The Morgan fingerprint density at radius 3 is 2.80 bits per heavy atom. The maximum atomic E-state index is 12.2. The molecule has 0 aromatic heterocycles. The zero-order chi connectivity index (χ0) is 14.8. The summed E-state index contributed by atoms with van der Waals surface area (Å²) in [7, 11) is 0. The largest absolute Gasteiger partial charge is 0.367 e. The smallest absolute Gasteiger partial charge is 0.247 e. The second-order valence-corrected chi connectivity index (χ2v) is 5.62. The number of rotatable bonds is 4. The fourth-order valence-corrected chi connectivity index (χ4v) is 2.49. The van der Waals surface area contributed by atoms with Crippen LogP contribution >= 0.6 is 11.6 Å². The summed E-state index contributed by atoms with van der Waals surface area (Å²) >= 11 is 5.94. The zero-order valence-electron chi connectivity index (χ0n) is 11.3. The van der Waals surface area contributed by atoms with Crippen LogP contribution in [0.1, 0.15) is 18.9 Å². The predicted octanol–water partition coefficient (Wildman–Crippen LogP) is 0.766. The molecule has 0 bridgehead atoms. The summed E-state index contributed by atoms with van der Waals surface area (Å²) in [6.45, 7) is 3.03. The fraction of sp³-hybridized carbons (Fsp3) is 0.429. The number of benzene rings is 1. The topological polar surface area (TPSA) is 84.2 Å². The Bertz CT molecular complexity index is 529. The molecule has 1 aromatic rings. The fourth-order valence-electron chi connectivity index (χ4n) is 2.30. The monoisotopic (exact) mass is 295 g/mol. The maximum Gasteiger partial charge on any atom is 0.247 e. The highest BCUT2D eigenvalue weighted by molar-refractivity contribution is 6.30. The summed E-state index contributed by atoms with van der Waals surface area (Å²) in [5.41, 5.74) is 4.81. The van der Waals surface area contributed by atoms with E-state index in [1.807, 2.05) is 0 Å². The third kappa shape index (κ3) is 2.94. The van der Waals surface area contributed by atoms with Crippen LogP contribution < -0.4 is 16.4 Å². The number of hydrogen-bond acceptors (Lipinski definition) is 3. The van der Waals surface area contributed by atoms with E-state index in [-0.39, 0.29) is 11.8 Å². The number of amides is 2. The molecule has 1 fully saturated rings. The van der Waals surface area contributed by atoms with Crippen LogP contribution in [0.2, 0.25) is 5.02 Å². The van der Waals surface area contributed by atoms with Crippen molar-refractivity contribution in [2.45, 2.75) is 18.9 Å². The molecule has 6 heteroatoms. The normalized spacial score (nSPS) is 21.2. The lowest BCUT2D eigenvalue weighted by molar-refractivity contribution is -0.133. The second-order valence-electron chi connectivity index (χ2n) is 5.18. The molecule has 2 unspecified atom stereocenters. The average Bonchev–Trinajstić information content (AvgIpc) is 2.92. The Balaban J connectivity index is 2.25. The van der Waals surface area contributed by atoms with Crippen LogP contribution in [-0.4, -0.2) is 24.9 Å². The molecule has 108 valence electrons. The first-order chi connectivity index (χ1) is 9.43. The van der Waals surface area contributed by atoms with Crippen molar-refractivity contribution in [3.63, 3.8) is 0 Å². The summed E-state index contributed by atoms with van der Waals surface area (Å²) in [5.74, 6) is -0.914. The van der Waals surface area contributed by atoms with Crippen molar-refractivity contribution in [1.29, 1.82) is 0 Å². The minimum atomic E-state index is -1.26. The minimum Gasteiger partial charge on any atom is -0.367 e. The molecule has 1 aliphatic rings. The number of nitrogens with two attached hydrogens (primary N) is 1. The Morgan fingerprint density at radius 1 is 1.50 bits per heavy atom. The van der Waals surface area contributed by atoms with E-state index in [1.165, 1.54) is 0 Å². The summed E-state index contributed by atoms with van der Waals surface area (Å²) in [6.07, 6.45) is 0.760.